The maximum absolute atomic E-state index is 11.0. The van der Waals surface area contributed by atoms with Gasteiger partial charge in [0.05, 0.1) is 23.1 Å². The molecule has 2 aromatic rings. The van der Waals surface area contributed by atoms with Crippen molar-refractivity contribution >= 4 is 0 Å². The fourth-order valence-electron chi connectivity index (χ4n) is 2.99. The average molecular weight is 288 g/mol. The molecule has 0 amide bonds. The maximum atomic E-state index is 11.0. The maximum Gasteiger partial charge on any atom is 0.116 e. The summed E-state index contributed by atoms with van der Waals surface area (Å²) in [4.78, 5) is 2.10. The van der Waals surface area contributed by atoms with Crippen molar-refractivity contribution in [2.24, 2.45) is 0 Å². The van der Waals surface area contributed by atoms with Crippen LogP contribution in [-0.4, -0.2) is 44.6 Å². The number of hydrogen-bond acceptors (Lipinski definition) is 4. The van der Waals surface area contributed by atoms with Gasteiger partial charge in [0.2, 0.25) is 0 Å². The highest BCUT2D eigenvalue weighted by Gasteiger charge is 2.39. The molecule has 21 heavy (non-hydrogen) atoms. The lowest BCUT2D eigenvalue weighted by Gasteiger charge is -2.42. The summed E-state index contributed by atoms with van der Waals surface area (Å²) in [5, 5.41) is 19.1. The second-order valence-electron chi connectivity index (χ2n) is 5.51. The molecule has 2 rings (SSSR count). The van der Waals surface area contributed by atoms with Crippen LogP contribution in [0.4, 0.5) is 0 Å². The van der Waals surface area contributed by atoms with Crippen LogP contribution in [0.25, 0.3) is 5.69 Å². The van der Waals surface area contributed by atoms with Crippen LogP contribution < -0.4 is 0 Å². The number of benzene rings is 1. The highest BCUT2D eigenvalue weighted by atomic mass is 16.3. The average Bonchev–Trinajstić information content (AvgIpc) is 2.98. The largest absolute Gasteiger partial charge is 0.385 e. The molecule has 0 bridgehead atoms. The first kappa shape index (κ1) is 15.7. The Morgan fingerprint density at radius 1 is 1.19 bits per heavy atom. The molecule has 0 aliphatic rings. The van der Waals surface area contributed by atoms with Gasteiger partial charge in [-0.1, -0.05) is 37.3 Å². The molecule has 1 atom stereocenters. The van der Waals surface area contributed by atoms with E-state index in [0.717, 1.165) is 24.2 Å². The van der Waals surface area contributed by atoms with E-state index in [1.165, 1.54) is 0 Å². The zero-order valence-electron chi connectivity index (χ0n) is 13.2. The molecular formula is C16H24N4O. The smallest absolute Gasteiger partial charge is 0.116 e. The quantitative estimate of drug-likeness (QED) is 0.887. The third kappa shape index (κ3) is 2.71. The predicted molar refractivity (Wildman–Crippen MR) is 83.3 cm³/mol. The van der Waals surface area contributed by atoms with Crippen molar-refractivity contribution in [1.82, 2.24) is 19.9 Å². The molecule has 0 saturated heterocycles. The Hall–Kier alpha value is -1.72. The molecule has 1 aromatic carbocycles. The Kier molecular flexibility index (Phi) is 4.75. The van der Waals surface area contributed by atoms with Gasteiger partial charge in [-0.3, -0.25) is 0 Å². The van der Waals surface area contributed by atoms with E-state index in [9.17, 15) is 5.11 Å². The monoisotopic (exact) mass is 288 g/mol. The first-order chi connectivity index (χ1) is 10.1. The van der Waals surface area contributed by atoms with Crippen LogP contribution in [0.1, 0.15) is 38.5 Å². The molecule has 0 saturated carbocycles. The molecule has 0 spiro atoms. The van der Waals surface area contributed by atoms with E-state index in [-0.39, 0.29) is 5.54 Å². The first-order valence-corrected chi connectivity index (χ1v) is 7.38. The Morgan fingerprint density at radius 2 is 1.81 bits per heavy atom. The van der Waals surface area contributed by atoms with Crippen LogP contribution in [0.15, 0.2) is 36.5 Å². The summed E-state index contributed by atoms with van der Waals surface area (Å²) in [6.45, 7) is 4.20. The minimum atomic E-state index is -0.655. The predicted octanol–water partition coefficient (Wildman–Crippen LogP) is 2.42. The molecule has 5 nitrogen and oxygen atoms in total. The Labute approximate surface area is 126 Å². The van der Waals surface area contributed by atoms with Crippen molar-refractivity contribution < 1.29 is 5.11 Å². The highest BCUT2D eigenvalue weighted by Crippen LogP contribution is 2.36. The number of aliphatic hydroxyl groups excluding tert-OH is 1. The fraction of sp³-hybridized carbons (Fsp3) is 0.500. The fourth-order valence-corrected chi connectivity index (χ4v) is 2.99. The number of nitrogens with zero attached hydrogens (tertiary/aromatic N) is 4. The molecule has 0 radical (unpaired) electrons. The lowest BCUT2D eigenvalue weighted by Crippen LogP contribution is -2.48. The van der Waals surface area contributed by atoms with Gasteiger partial charge in [0.1, 0.15) is 6.10 Å². The first-order valence-electron chi connectivity index (χ1n) is 7.38. The van der Waals surface area contributed by atoms with Crippen molar-refractivity contribution in [2.45, 2.75) is 38.3 Å². The van der Waals surface area contributed by atoms with Gasteiger partial charge >= 0.3 is 0 Å². The molecule has 0 aliphatic carbocycles. The van der Waals surface area contributed by atoms with Gasteiger partial charge in [-0.25, -0.2) is 4.68 Å². The Bertz CT molecular complexity index is 561. The highest BCUT2D eigenvalue weighted by molar-refractivity contribution is 5.32. The van der Waals surface area contributed by atoms with Crippen molar-refractivity contribution in [3.63, 3.8) is 0 Å². The van der Waals surface area contributed by atoms with Gasteiger partial charge in [0.25, 0.3) is 0 Å². The van der Waals surface area contributed by atoms with Crippen molar-refractivity contribution in [1.29, 1.82) is 0 Å². The van der Waals surface area contributed by atoms with Crippen LogP contribution in [0.2, 0.25) is 0 Å². The molecule has 1 N–H and O–H groups in total. The van der Waals surface area contributed by atoms with Crippen molar-refractivity contribution in [3.8, 4) is 5.69 Å². The lowest BCUT2D eigenvalue weighted by atomic mass is 9.83. The number of likely N-dealkylation sites (N-methyl/N-ethyl adjacent to an activating group) is 1. The van der Waals surface area contributed by atoms with Crippen LogP contribution in [0, 0.1) is 0 Å². The molecular weight excluding hydrogens is 264 g/mol. The summed E-state index contributed by atoms with van der Waals surface area (Å²) < 4.78 is 1.72. The SMILES string of the molecule is CCC(CC)(C(O)c1cnnn1-c1ccccc1)N(C)C. The van der Waals surface area contributed by atoms with Gasteiger partial charge in [0, 0.05) is 0 Å². The summed E-state index contributed by atoms with van der Waals surface area (Å²) in [7, 11) is 4.01. The van der Waals surface area contributed by atoms with E-state index in [2.05, 4.69) is 29.1 Å². The van der Waals surface area contributed by atoms with Crippen molar-refractivity contribution in [2.75, 3.05) is 14.1 Å². The van der Waals surface area contributed by atoms with Gasteiger partial charge < -0.3 is 10.0 Å². The van der Waals surface area contributed by atoms with Gasteiger partial charge in [-0.15, -0.1) is 5.10 Å². The summed E-state index contributed by atoms with van der Waals surface area (Å²) in [5.74, 6) is 0. The summed E-state index contributed by atoms with van der Waals surface area (Å²) >= 11 is 0. The van der Waals surface area contributed by atoms with Crippen LogP contribution >= 0.6 is 0 Å². The van der Waals surface area contributed by atoms with E-state index < -0.39 is 6.10 Å². The van der Waals surface area contributed by atoms with E-state index in [0.29, 0.717) is 0 Å². The van der Waals surface area contributed by atoms with E-state index >= 15 is 0 Å². The number of aliphatic hydroxyl groups is 1. The standard InChI is InChI=1S/C16H24N4O/c1-5-16(6-2,19(3)4)15(21)14-12-17-18-20(14)13-10-8-7-9-11-13/h7-12,15,21H,5-6H2,1-4H3. The summed E-state index contributed by atoms with van der Waals surface area (Å²) in [6.07, 6.45) is 2.69. The third-order valence-corrected chi connectivity index (χ3v) is 4.48. The minimum absolute atomic E-state index is 0.325. The molecule has 5 heteroatoms. The van der Waals surface area contributed by atoms with Crippen LogP contribution in [-0.2, 0) is 0 Å². The number of aromatic nitrogens is 3. The molecule has 1 heterocycles. The zero-order chi connectivity index (χ0) is 15.5. The van der Waals surface area contributed by atoms with E-state index in [4.69, 9.17) is 0 Å². The van der Waals surface area contributed by atoms with Gasteiger partial charge in [-0.2, -0.15) is 0 Å². The lowest BCUT2D eigenvalue weighted by molar-refractivity contribution is -0.0186. The van der Waals surface area contributed by atoms with Gasteiger partial charge in [-0.05, 0) is 39.1 Å². The summed E-state index contributed by atoms with van der Waals surface area (Å²) in [6, 6.07) is 9.77. The molecule has 0 fully saturated rings. The number of para-hydroxylation sites is 1. The van der Waals surface area contributed by atoms with E-state index in [1.54, 1.807) is 10.9 Å². The molecule has 0 aliphatic heterocycles. The van der Waals surface area contributed by atoms with E-state index in [1.807, 2.05) is 44.4 Å². The van der Waals surface area contributed by atoms with Gasteiger partial charge in [0.15, 0.2) is 0 Å². The summed E-state index contributed by atoms with van der Waals surface area (Å²) in [5.41, 5.74) is 1.30. The third-order valence-electron chi connectivity index (χ3n) is 4.48. The minimum Gasteiger partial charge on any atom is -0.385 e. The molecule has 1 unspecified atom stereocenters. The topological polar surface area (TPSA) is 54.2 Å². The van der Waals surface area contributed by atoms with Crippen molar-refractivity contribution in [3.05, 3.63) is 42.2 Å². The second kappa shape index (κ2) is 6.37. The molecule has 1 aromatic heterocycles. The second-order valence-corrected chi connectivity index (χ2v) is 5.51. The van der Waals surface area contributed by atoms with Crippen LogP contribution in [0.3, 0.4) is 0 Å². The normalized spacial score (nSPS) is 13.6. The van der Waals surface area contributed by atoms with Crippen LogP contribution in [0.5, 0.6) is 0 Å². The Balaban J connectivity index is 2.45. The molecule has 114 valence electrons. The number of hydrogen-bond donors (Lipinski definition) is 1. The zero-order valence-corrected chi connectivity index (χ0v) is 13.2. The Morgan fingerprint density at radius 3 is 2.33 bits per heavy atom. The number of rotatable bonds is 6.